The number of halogens is 3. The summed E-state index contributed by atoms with van der Waals surface area (Å²) >= 11 is 12.0. The SMILES string of the molecule is O=C(/C=C/c1ccc(Cl)c(Cl)c1)NC1N=C(c2ccccc2F)c2cccc3c2N(CC3)C1=O. The molecule has 2 amide bonds. The maximum Gasteiger partial charge on any atom is 0.272 e. The number of amides is 2. The molecule has 3 aromatic carbocycles. The lowest BCUT2D eigenvalue weighted by molar-refractivity contribution is -0.125. The smallest absolute Gasteiger partial charge is 0.272 e. The monoisotopic (exact) mass is 493 g/mol. The lowest BCUT2D eigenvalue weighted by Gasteiger charge is -2.20. The number of hydrogen-bond acceptors (Lipinski definition) is 3. The Balaban J connectivity index is 1.51. The maximum absolute atomic E-state index is 14.8. The number of para-hydroxylation sites is 1. The maximum atomic E-state index is 14.8. The Morgan fingerprint density at radius 3 is 2.65 bits per heavy atom. The highest BCUT2D eigenvalue weighted by molar-refractivity contribution is 6.42. The minimum absolute atomic E-state index is 0.267. The molecular formula is C26H18Cl2FN3O2. The summed E-state index contributed by atoms with van der Waals surface area (Å²) in [6, 6.07) is 16.9. The summed E-state index contributed by atoms with van der Waals surface area (Å²) < 4.78 is 14.8. The van der Waals surface area contributed by atoms with Crippen molar-refractivity contribution < 1.29 is 14.0 Å². The lowest BCUT2D eigenvalue weighted by Crippen LogP contribution is -2.46. The van der Waals surface area contributed by atoms with Gasteiger partial charge in [-0.2, -0.15) is 0 Å². The molecule has 1 atom stereocenters. The molecule has 0 aliphatic carbocycles. The van der Waals surface area contributed by atoms with Crippen molar-refractivity contribution in [2.75, 3.05) is 11.4 Å². The molecule has 0 bridgehead atoms. The van der Waals surface area contributed by atoms with Crippen molar-refractivity contribution >= 4 is 52.5 Å². The highest BCUT2D eigenvalue weighted by atomic mass is 35.5. The van der Waals surface area contributed by atoms with Gasteiger partial charge >= 0.3 is 0 Å². The van der Waals surface area contributed by atoms with Crippen molar-refractivity contribution in [2.24, 2.45) is 4.99 Å². The van der Waals surface area contributed by atoms with Crippen molar-refractivity contribution in [1.82, 2.24) is 5.32 Å². The molecule has 170 valence electrons. The van der Waals surface area contributed by atoms with E-state index in [1.807, 2.05) is 18.2 Å². The summed E-state index contributed by atoms with van der Waals surface area (Å²) in [6.07, 6.45) is 2.32. The van der Waals surface area contributed by atoms with Crippen LogP contribution in [0.3, 0.4) is 0 Å². The van der Waals surface area contributed by atoms with E-state index in [1.165, 1.54) is 12.1 Å². The normalized spacial score (nSPS) is 16.9. The van der Waals surface area contributed by atoms with Gasteiger partial charge in [0, 0.05) is 23.7 Å². The zero-order chi connectivity index (χ0) is 23.8. The van der Waals surface area contributed by atoms with E-state index in [0.717, 1.165) is 11.3 Å². The number of anilines is 1. The molecule has 5 nitrogen and oxygen atoms in total. The van der Waals surface area contributed by atoms with Gasteiger partial charge in [0.25, 0.3) is 5.91 Å². The summed E-state index contributed by atoms with van der Waals surface area (Å²) in [5.74, 6) is -1.34. The van der Waals surface area contributed by atoms with E-state index in [1.54, 1.807) is 47.4 Å². The summed E-state index contributed by atoms with van der Waals surface area (Å²) in [7, 11) is 0. The number of benzene rings is 3. The fourth-order valence-corrected chi connectivity index (χ4v) is 4.51. The fourth-order valence-electron chi connectivity index (χ4n) is 4.20. The first-order valence-electron chi connectivity index (χ1n) is 10.6. The predicted molar refractivity (Wildman–Crippen MR) is 132 cm³/mol. The largest absolute Gasteiger partial charge is 0.323 e. The number of carbonyl (C=O) groups is 2. The second kappa shape index (κ2) is 9.05. The molecule has 2 heterocycles. The van der Waals surface area contributed by atoms with E-state index in [2.05, 4.69) is 10.3 Å². The van der Waals surface area contributed by atoms with Crippen molar-refractivity contribution in [3.05, 3.63) is 105 Å². The summed E-state index contributed by atoms with van der Waals surface area (Å²) in [6.45, 7) is 0.469. The van der Waals surface area contributed by atoms with Crippen LogP contribution in [0, 0.1) is 5.82 Å². The van der Waals surface area contributed by atoms with Gasteiger partial charge in [-0.15, -0.1) is 0 Å². The molecule has 0 saturated heterocycles. The molecule has 5 rings (SSSR count). The van der Waals surface area contributed by atoms with Crippen LogP contribution in [-0.2, 0) is 16.0 Å². The predicted octanol–water partition coefficient (Wildman–Crippen LogP) is 5.03. The molecule has 0 radical (unpaired) electrons. The van der Waals surface area contributed by atoms with E-state index >= 15 is 0 Å². The highest BCUT2D eigenvalue weighted by Gasteiger charge is 2.37. The molecule has 2 aliphatic rings. The minimum atomic E-state index is -1.21. The van der Waals surface area contributed by atoms with Gasteiger partial charge in [-0.3, -0.25) is 9.59 Å². The Bertz CT molecular complexity index is 1390. The van der Waals surface area contributed by atoms with Crippen LogP contribution < -0.4 is 10.2 Å². The number of aliphatic imine (C=N–C) groups is 1. The van der Waals surface area contributed by atoms with Crippen LogP contribution in [0.4, 0.5) is 10.1 Å². The molecule has 0 spiro atoms. The Kier molecular flexibility index (Phi) is 5.94. The van der Waals surface area contributed by atoms with Gasteiger partial charge in [0.15, 0.2) is 0 Å². The average Bonchev–Trinajstić information content (AvgIpc) is 3.22. The molecule has 0 saturated carbocycles. The van der Waals surface area contributed by atoms with Gasteiger partial charge in [0.05, 0.1) is 21.4 Å². The first kappa shape index (κ1) is 22.3. The fraction of sp³-hybridized carbons (Fsp3) is 0.115. The summed E-state index contributed by atoms with van der Waals surface area (Å²) in [5.41, 5.74) is 3.63. The van der Waals surface area contributed by atoms with E-state index in [9.17, 15) is 14.0 Å². The minimum Gasteiger partial charge on any atom is -0.323 e. The third-order valence-electron chi connectivity index (χ3n) is 5.79. The average molecular weight is 494 g/mol. The third kappa shape index (κ3) is 4.11. The Labute approximate surface area is 205 Å². The molecule has 1 N–H and O–H groups in total. The Morgan fingerprint density at radius 2 is 1.85 bits per heavy atom. The summed E-state index contributed by atoms with van der Waals surface area (Å²) in [5, 5.41) is 3.44. The van der Waals surface area contributed by atoms with Crippen LogP contribution in [0.2, 0.25) is 10.0 Å². The van der Waals surface area contributed by atoms with Gasteiger partial charge in [-0.05, 0) is 47.9 Å². The Hall–Kier alpha value is -3.48. The van der Waals surface area contributed by atoms with Gasteiger partial charge < -0.3 is 10.2 Å². The zero-order valence-corrected chi connectivity index (χ0v) is 19.3. The molecule has 8 heteroatoms. The summed E-state index contributed by atoms with van der Waals surface area (Å²) in [4.78, 5) is 32.3. The van der Waals surface area contributed by atoms with Crippen molar-refractivity contribution in [1.29, 1.82) is 0 Å². The van der Waals surface area contributed by atoms with Crippen molar-refractivity contribution in [3.63, 3.8) is 0 Å². The van der Waals surface area contributed by atoms with E-state index in [0.29, 0.717) is 39.8 Å². The molecule has 1 unspecified atom stereocenters. The standard InChI is InChI=1S/C26H18Cl2FN3O2/c27-19-10-8-15(14-20(19)28)9-11-22(33)30-25-26(34)32-13-12-16-4-3-6-18(24(16)32)23(31-25)17-5-1-2-7-21(17)29/h1-11,14,25H,12-13H2,(H,30,33)/b11-9+. The van der Waals surface area contributed by atoms with Crippen LogP contribution in [0.25, 0.3) is 6.08 Å². The van der Waals surface area contributed by atoms with Gasteiger partial charge in [-0.1, -0.05) is 59.6 Å². The topological polar surface area (TPSA) is 61.8 Å². The molecule has 0 fully saturated rings. The van der Waals surface area contributed by atoms with Gasteiger partial charge in [0.1, 0.15) is 5.82 Å². The molecule has 3 aromatic rings. The lowest BCUT2D eigenvalue weighted by atomic mass is 9.98. The first-order chi connectivity index (χ1) is 16.4. The number of nitrogens with one attached hydrogen (secondary N) is 1. The number of carbonyl (C=O) groups excluding carboxylic acids is 2. The van der Waals surface area contributed by atoms with Crippen LogP contribution >= 0.6 is 23.2 Å². The van der Waals surface area contributed by atoms with Crippen LogP contribution in [-0.4, -0.2) is 30.2 Å². The van der Waals surface area contributed by atoms with E-state index in [4.69, 9.17) is 23.2 Å². The third-order valence-corrected chi connectivity index (χ3v) is 6.53. The zero-order valence-electron chi connectivity index (χ0n) is 17.8. The van der Waals surface area contributed by atoms with Crippen LogP contribution in [0.1, 0.15) is 22.3 Å². The van der Waals surface area contributed by atoms with Gasteiger partial charge in [-0.25, -0.2) is 9.38 Å². The molecule has 2 aliphatic heterocycles. The van der Waals surface area contributed by atoms with Crippen molar-refractivity contribution in [2.45, 2.75) is 12.6 Å². The quantitative estimate of drug-likeness (QED) is 0.518. The van der Waals surface area contributed by atoms with Crippen molar-refractivity contribution in [3.8, 4) is 0 Å². The molecular weight excluding hydrogens is 476 g/mol. The number of nitrogens with zero attached hydrogens (tertiary/aromatic N) is 2. The van der Waals surface area contributed by atoms with Gasteiger partial charge in [0.2, 0.25) is 12.1 Å². The Morgan fingerprint density at radius 1 is 1.06 bits per heavy atom. The molecule has 34 heavy (non-hydrogen) atoms. The molecule has 0 aromatic heterocycles. The number of rotatable bonds is 4. The number of hydrogen-bond donors (Lipinski definition) is 1. The second-order valence-corrected chi connectivity index (χ2v) is 8.74. The van der Waals surface area contributed by atoms with E-state index < -0.39 is 17.9 Å². The van der Waals surface area contributed by atoms with E-state index in [-0.39, 0.29) is 11.5 Å². The highest BCUT2D eigenvalue weighted by Crippen LogP contribution is 2.36. The second-order valence-electron chi connectivity index (χ2n) is 7.93. The van der Waals surface area contributed by atoms with Crippen LogP contribution in [0.5, 0.6) is 0 Å². The van der Waals surface area contributed by atoms with Crippen LogP contribution in [0.15, 0.2) is 71.7 Å². The first-order valence-corrected chi connectivity index (χ1v) is 11.4.